The molecule has 0 radical (unpaired) electrons. The molecule has 0 saturated carbocycles. The van der Waals surface area contributed by atoms with E-state index in [4.69, 9.17) is 4.74 Å². The molecule has 13 heavy (non-hydrogen) atoms. The van der Waals surface area contributed by atoms with Crippen LogP contribution in [0, 0.1) is 5.41 Å². The van der Waals surface area contributed by atoms with Gasteiger partial charge in [0.25, 0.3) is 0 Å². The van der Waals surface area contributed by atoms with Crippen LogP contribution in [0.1, 0.15) is 20.8 Å². The predicted octanol–water partition coefficient (Wildman–Crippen LogP) is 0.726. The Morgan fingerprint density at radius 2 is 1.85 bits per heavy atom. The fourth-order valence-electron chi connectivity index (χ4n) is 1.30. The first-order chi connectivity index (χ1) is 6.00. The molecule has 0 amide bonds. The number of hydrogen-bond acceptors (Lipinski definition) is 3. The van der Waals surface area contributed by atoms with Crippen LogP contribution in [0.15, 0.2) is 0 Å². The number of β-amino-alcohol motifs (C(OH)–C–C–N with tert-alkyl or cyclic N) is 1. The van der Waals surface area contributed by atoms with Crippen molar-refractivity contribution in [3.63, 3.8) is 0 Å². The molecule has 1 aliphatic rings. The molecule has 78 valence electrons. The van der Waals surface area contributed by atoms with E-state index in [-0.39, 0.29) is 11.5 Å². The Morgan fingerprint density at radius 1 is 1.31 bits per heavy atom. The molecule has 0 bridgehead atoms. The highest BCUT2D eigenvalue weighted by Crippen LogP contribution is 2.19. The molecule has 0 aliphatic carbocycles. The summed E-state index contributed by atoms with van der Waals surface area (Å²) in [5.74, 6) is 0. The molecule has 1 fully saturated rings. The van der Waals surface area contributed by atoms with Gasteiger partial charge in [0.05, 0.1) is 19.3 Å². The van der Waals surface area contributed by atoms with Crippen molar-refractivity contribution in [3.8, 4) is 0 Å². The van der Waals surface area contributed by atoms with Gasteiger partial charge in [-0.3, -0.25) is 4.90 Å². The molecule has 1 unspecified atom stereocenters. The van der Waals surface area contributed by atoms with E-state index in [1.807, 2.05) is 0 Å². The van der Waals surface area contributed by atoms with Gasteiger partial charge < -0.3 is 9.84 Å². The quantitative estimate of drug-likeness (QED) is 0.691. The molecule has 0 aromatic carbocycles. The molecule has 1 heterocycles. The molecule has 1 atom stereocenters. The molecule has 0 aromatic heterocycles. The first-order valence-electron chi connectivity index (χ1n) is 4.98. The molecule has 1 aliphatic heterocycles. The second kappa shape index (κ2) is 4.40. The number of nitrogens with zero attached hydrogens (tertiary/aromatic N) is 1. The van der Waals surface area contributed by atoms with E-state index >= 15 is 0 Å². The van der Waals surface area contributed by atoms with E-state index in [0.29, 0.717) is 0 Å². The molecule has 0 aromatic rings. The van der Waals surface area contributed by atoms with Crippen LogP contribution >= 0.6 is 0 Å². The lowest BCUT2D eigenvalue weighted by atomic mass is 9.89. The highest BCUT2D eigenvalue weighted by atomic mass is 16.5. The SMILES string of the molecule is CC(C)(C)C(O)CN1CCOCC1. The maximum atomic E-state index is 9.86. The summed E-state index contributed by atoms with van der Waals surface area (Å²) in [6.45, 7) is 10.5. The van der Waals surface area contributed by atoms with Crippen molar-refractivity contribution in [1.29, 1.82) is 0 Å². The Hall–Kier alpha value is -0.120. The Balaban J connectivity index is 2.30. The molecular weight excluding hydrogens is 166 g/mol. The lowest BCUT2D eigenvalue weighted by Crippen LogP contribution is -2.44. The zero-order valence-corrected chi connectivity index (χ0v) is 8.92. The number of aliphatic hydroxyl groups excluding tert-OH is 1. The smallest absolute Gasteiger partial charge is 0.0715 e. The summed E-state index contributed by atoms with van der Waals surface area (Å²) in [5.41, 5.74) is -0.0156. The third-order valence-corrected chi connectivity index (χ3v) is 2.53. The highest BCUT2D eigenvalue weighted by Gasteiger charge is 2.24. The first-order valence-corrected chi connectivity index (χ1v) is 4.98. The van der Waals surface area contributed by atoms with Crippen molar-refractivity contribution in [2.75, 3.05) is 32.8 Å². The van der Waals surface area contributed by atoms with E-state index in [1.165, 1.54) is 0 Å². The highest BCUT2D eigenvalue weighted by molar-refractivity contribution is 4.77. The normalized spacial score (nSPS) is 23.1. The van der Waals surface area contributed by atoms with E-state index in [9.17, 15) is 5.11 Å². The Labute approximate surface area is 80.7 Å². The van der Waals surface area contributed by atoms with Crippen LogP contribution in [-0.4, -0.2) is 49.0 Å². The summed E-state index contributed by atoms with van der Waals surface area (Å²) < 4.78 is 5.24. The molecule has 0 spiro atoms. The zero-order chi connectivity index (χ0) is 9.90. The average Bonchev–Trinajstić information content (AvgIpc) is 2.04. The largest absolute Gasteiger partial charge is 0.391 e. The second-order valence-electron chi connectivity index (χ2n) is 4.79. The van der Waals surface area contributed by atoms with Crippen LogP contribution in [0.3, 0.4) is 0 Å². The van der Waals surface area contributed by atoms with Crippen LogP contribution in [-0.2, 0) is 4.74 Å². The minimum absolute atomic E-state index is 0.0156. The van der Waals surface area contributed by atoms with E-state index in [1.54, 1.807) is 0 Å². The van der Waals surface area contributed by atoms with Gasteiger partial charge in [0.1, 0.15) is 0 Å². The maximum Gasteiger partial charge on any atom is 0.0715 e. The molecule has 1 rings (SSSR count). The summed E-state index contributed by atoms with van der Waals surface area (Å²) >= 11 is 0. The van der Waals surface area contributed by atoms with Gasteiger partial charge in [0.2, 0.25) is 0 Å². The van der Waals surface area contributed by atoms with Gasteiger partial charge in [0, 0.05) is 19.6 Å². The van der Waals surface area contributed by atoms with Crippen LogP contribution in [0.5, 0.6) is 0 Å². The van der Waals surface area contributed by atoms with Gasteiger partial charge in [-0.05, 0) is 5.41 Å². The van der Waals surface area contributed by atoms with Crippen LogP contribution in [0.2, 0.25) is 0 Å². The maximum absolute atomic E-state index is 9.86. The fourth-order valence-corrected chi connectivity index (χ4v) is 1.30. The molecule has 1 N–H and O–H groups in total. The summed E-state index contributed by atoms with van der Waals surface area (Å²) in [5, 5.41) is 9.86. The van der Waals surface area contributed by atoms with E-state index in [0.717, 1.165) is 32.8 Å². The molecular formula is C10H21NO2. The minimum Gasteiger partial charge on any atom is -0.391 e. The summed E-state index contributed by atoms with van der Waals surface area (Å²) in [7, 11) is 0. The molecule has 1 saturated heterocycles. The van der Waals surface area contributed by atoms with Gasteiger partial charge in [-0.1, -0.05) is 20.8 Å². The van der Waals surface area contributed by atoms with E-state index < -0.39 is 0 Å². The van der Waals surface area contributed by atoms with Crippen molar-refractivity contribution in [2.24, 2.45) is 5.41 Å². The average molecular weight is 187 g/mol. The van der Waals surface area contributed by atoms with Crippen LogP contribution in [0.4, 0.5) is 0 Å². The fraction of sp³-hybridized carbons (Fsp3) is 1.00. The number of aliphatic hydroxyl groups is 1. The Bertz CT molecular complexity index is 147. The first kappa shape index (κ1) is 11.0. The van der Waals surface area contributed by atoms with Crippen LogP contribution in [0.25, 0.3) is 0 Å². The van der Waals surface area contributed by atoms with Gasteiger partial charge in [-0.2, -0.15) is 0 Å². The zero-order valence-electron chi connectivity index (χ0n) is 8.92. The minimum atomic E-state index is -0.245. The van der Waals surface area contributed by atoms with Gasteiger partial charge >= 0.3 is 0 Å². The predicted molar refractivity (Wildman–Crippen MR) is 52.7 cm³/mol. The standard InChI is InChI=1S/C10H21NO2/c1-10(2,3)9(12)8-11-4-6-13-7-5-11/h9,12H,4-8H2,1-3H3. The third kappa shape index (κ3) is 3.63. The Morgan fingerprint density at radius 3 is 2.31 bits per heavy atom. The summed E-state index contributed by atoms with van der Waals surface area (Å²) in [4.78, 5) is 2.26. The molecule has 3 heteroatoms. The third-order valence-electron chi connectivity index (χ3n) is 2.53. The monoisotopic (exact) mass is 187 g/mol. The van der Waals surface area contributed by atoms with Gasteiger partial charge in [0.15, 0.2) is 0 Å². The number of rotatable bonds is 2. The topological polar surface area (TPSA) is 32.7 Å². The van der Waals surface area contributed by atoms with Crippen molar-refractivity contribution in [2.45, 2.75) is 26.9 Å². The Kier molecular flexibility index (Phi) is 3.71. The summed E-state index contributed by atoms with van der Waals surface area (Å²) in [6.07, 6.45) is -0.245. The van der Waals surface area contributed by atoms with Crippen molar-refractivity contribution in [3.05, 3.63) is 0 Å². The second-order valence-corrected chi connectivity index (χ2v) is 4.79. The van der Waals surface area contributed by atoms with Crippen molar-refractivity contribution < 1.29 is 9.84 Å². The molecule has 3 nitrogen and oxygen atoms in total. The van der Waals surface area contributed by atoms with Crippen LogP contribution < -0.4 is 0 Å². The number of morpholine rings is 1. The van der Waals surface area contributed by atoms with Gasteiger partial charge in [-0.25, -0.2) is 0 Å². The lowest BCUT2D eigenvalue weighted by Gasteiger charge is -2.33. The van der Waals surface area contributed by atoms with E-state index in [2.05, 4.69) is 25.7 Å². The number of hydrogen-bond donors (Lipinski definition) is 1. The summed E-state index contributed by atoms with van der Waals surface area (Å²) in [6, 6.07) is 0. The van der Waals surface area contributed by atoms with Crippen molar-refractivity contribution >= 4 is 0 Å². The van der Waals surface area contributed by atoms with Gasteiger partial charge in [-0.15, -0.1) is 0 Å². The van der Waals surface area contributed by atoms with Crippen molar-refractivity contribution in [1.82, 2.24) is 4.90 Å². The lowest BCUT2D eigenvalue weighted by molar-refractivity contribution is -0.0143. The number of ether oxygens (including phenoxy) is 1.